The third-order valence-electron chi connectivity index (χ3n) is 4.70. The molecule has 0 aliphatic carbocycles. The second-order valence-corrected chi connectivity index (χ2v) is 10.4. The molecule has 0 aliphatic heterocycles. The number of amides is 1. The molecule has 10 heteroatoms. The smallest absolute Gasteiger partial charge is 0.297 e. The van der Waals surface area contributed by atoms with E-state index in [0.717, 1.165) is 11.3 Å². The molecule has 0 unspecified atom stereocenters. The van der Waals surface area contributed by atoms with Gasteiger partial charge in [0.05, 0.1) is 18.6 Å². The van der Waals surface area contributed by atoms with Crippen molar-refractivity contribution < 1.29 is 9.21 Å². The minimum Gasteiger partial charge on any atom is -0.467 e. The minimum absolute atomic E-state index is 0.0525. The van der Waals surface area contributed by atoms with Gasteiger partial charge in [0.1, 0.15) is 11.5 Å². The van der Waals surface area contributed by atoms with Gasteiger partial charge in [0.2, 0.25) is 10.9 Å². The zero-order valence-electron chi connectivity index (χ0n) is 18.0. The molecule has 0 atom stereocenters. The van der Waals surface area contributed by atoms with Crippen molar-refractivity contribution in [2.24, 2.45) is 0 Å². The van der Waals surface area contributed by atoms with Crippen LogP contribution in [0.25, 0.3) is 4.96 Å². The first-order chi connectivity index (χ1) is 15.3. The summed E-state index contributed by atoms with van der Waals surface area (Å²) in [6.45, 7) is 6.57. The lowest BCUT2D eigenvalue weighted by atomic mass is 9.93. The van der Waals surface area contributed by atoms with Gasteiger partial charge in [-0.15, -0.1) is 15.3 Å². The van der Waals surface area contributed by atoms with E-state index in [-0.39, 0.29) is 17.2 Å². The van der Waals surface area contributed by atoms with Crippen molar-refractivity contribution >= 4 is 34.0 Å². The van der Waals surface area contributed by atoms with E-state index in [0.29, 0.717) is 28.1 Å². The van der Waals surface area contributed by atoms with Gasteiger partial charge in [-0.05, 0) is 17.7 Å². The lowest BCUT2D eigenvalue weighted by molar-refractivity contribution is -0.129. The molecule has 166 valence electrons. The molecule has 0 saturated heterocycles. The molecule has 3 aromatic heterocycles. The zero-order chi connectivity index (χ0) is 22.7. The molecule has 4 rings (SSSR count). The van der Waals surface area contributed by atoms with Crippen LogP contribution in [0.5, 0.6) is 0 Å². The van der Waals surface area contributed by atoms with Crippen LogP contribution in [-0.2, 0) is 23.3 Å². The van der Waals surface area contributed by atoms with Crippen molar-refractivity contribution in [3.63, 3.8) is 0 Å². The lowest BCUT2D eigenvalue weighted by Crippen LogP contribution is -2.31. The fraction of sp³-hybridized carbons (Fsp3) is 0.318. The van der Waals surface area contributed by atoms with Crippen LogP contribution in [0, 0.1) is 0 Å². The maximum atomic E-state index is 13.1. The van der Waals surface area contributed by atoms with Crippen LogP contribution >= 0.6 is 23.1 Å². The predicted octanol–water partition coefficient (Wildman–Crippen LogP) is 3.76. The summed E-state index contributed by atoms with van der Waals surface area (Å²) in [5.74, 6) is 0.848. The van der Waals surface area contributed by atoms with Gasteiger partial charge in [-0.2, -0.15) is 4.52 Å². The molecule has 0 aliphatic rings. The molecule has 0 bridgehead atoms. The summed E-state index contributed by atoms with van der Waals surface area (Å²) in [4.78, 5) is 27.9. The van der Waals surface area contributed by atoms with Crippen molar-refractivity contribution in [2.75, 3.05) is 5.75 Å². The number of furan rings is 1. The maximum absolute atomic E-state index is 13.1. The van der Waals surface area contributed by atoms with E-state index in [1.807, 2.05) is 57.2 Å². The van der Waals surface area contributed by atoms with Crippen LogP contribution < -0.4 is 5.56 Å². The summed E-state index contributed by atoms with van der Waals surface area (Å²) >= 11 is 2.53. The van der Waals surface area contributed by atoms with Crippen LogP contribution in [0.2, 0.25) is 0 Å². The summed E-state index contributed by atoms with van der Waals surface area (Å²) in [5, 5.41) is 12.6. The number of thioether (sulfide) groups is 1. The Morgan fingerprint density at radius 1 is 1.12 bits per heavy atom. The largest absolute Gasteiger partial charge is 0.467 e. The SMILES string of the molecule is CC(C)(C)c1nnc2sc(SCC(=O)N(Cc3ccccc3)Cc3ccco3)nn2c1=O. The van der Waals surface area contributed by atoms with Gasteiger partial charge >= 0.3 is 0 Å². The lowest BCUT2D eigenvalue weighted by Gasteiger charge is -2.21. The molecule has 1 amide bonds. The Bertz CT molecular complexity index is 1260. The summed E-state index contributed by atoms with van der Waals surface area (Å²) in [6.07, 6.45) is 1.60. The number of benzene rings is 1. The highest BCUT2D eigenvalue weighted by molar-refractivity contribution is 8.01. The van der Waals surface area contributed by atoms with Gasteiger partial charge in [0.25, 0.3) is 5.56 Å². The van der Waals surface area contributed by atoms with E-state index in [1.54, 1.807) is 17.2 Å². The molecule has 0 saturated carbocycles. The van der Waals surface area contributed by atoms with Crippen LogP contribution in [0.1, 0.15) is 37.8 Å². The molecule has 4 aromatic rings. The van der Waals surface area contributed by atoms with E-state index >= 15 is 0 Å². The maximum Gasteiger partial charge on any atom is 0.297 e. The first-order valence-electron chi connectivity index (χ1n) is 10.0. The Kier molecular flexibility index (Phi) is 6.43. The molecule has 3 heterocycles. The van der Waals surface area contributed by atoms with Gasteiger partial charge in [-0.3, -0.25) is 9.59 Å². The highest BCUT2D eigenvalue weighted by atomic mass is 32.2. The number of hydrogen-bond acceptors (Lipinski definition) is 8. The van der Waals surface area contributed by atoms with Gasteiger partial charge in [0.15, 0.2) is 4.34 Å². The highest BCUT2D eigenvalue weighted by Gasteiger charge is 2.23. The summed E-state index contributed by atoms with van der Waals surface area (Å²) in [7, 11) is 0. The number of carbonyl (C=O) groups excluding carboxylic acids is 1. The van der Waals surface area contributed by atoms with E-state index in [2.05, 4.69) is 15.3 Å². The van der Waals surface area contributed by atoms with Crippen LogP contribution in [0.4, 0.5) is 0 Å². The number of hydrogen-bond donors (Lipinski definition) is 0. The van der Waals surface area contributed by atoms with Crippen molar-refractivity contribution in [2.45, 2.75) is 43.6 Å². The number of rotatable bonds is 7. The van der Waals surface area contributed by atoms with Gasteiger partial charge in [0, 0.05) is 12.0 Å². The van der Waals surface area contributed by atoms with Gasteiger partial charge in [-0.25, -0.2) is 0 Å². The average Bonchev–Trinajstić information content (AvgIpc) is 3.41. The first-order valence-corrected chi connectivity index (χ1v) is 11.9. The van der Waals surface area contributed by atoms with Crippen molar-refractivity contribution in [1.29, 1.82) is 0 Å². The highest BCUT2D eigenvalue weighted by Crippen LogP contribution is 2.25. The molecule has 32 heavy (non-hydrogen) atoms. The Balaban J connectivity index is 1.50. The third-order valence-corrected chi connectivity index (χ3v) is 6.71. The molecule has 0 radical (unpaired) electrons. The Morgan fingerprint density at radius 3 is 2.59 bits per heavy atom. The molecular weight excluding hydrogens is 446 g/mol. The van der Waals surface area contributed by atoms with Crippen molar-refractivity contribution in [3.8, 4) is 0 Å². The average molecular weight is 470 g/mol. The molecular formula is C22H23N5O3S2. The number of fused-ring (bicyclic) bond motifs is 1. The van der Waals surface area contributed by atoms with E-state index < -0.39 is 5.41 Å². The van der Waals surface area contributed by atoms with E-state index in [9.17, 15) is 9.59 Å². The molecule has 0 N–H and O–H groups in total. The fourth-order valence-electron chi connectivity index (χ4n) is 3.07. The Hall–Kier alpha value is -2.98. The van der Waals surface area contributed by atoms with Crippen molar-refractivity contribution in [3.05, 3.63) is 76.1 Å². The number of carbonyl (C=O) groups is 1. The monoisotopic (exact) mass is 469 g/mol. The molecule has 8 nitrogen and oxygen atoms in total. The van der Waals surface area contributed by atoms with Crippen LogP contribution in [0.3, 0.4) is 0 Å². The van der Waals surface area contributed by atoms with Crippen molar-refractivity contribution in [1.82, 2.24) is 24.7 Å². The molecule has 0 fully saturated rings. The van der Waals surface area contributed by atoms with Gasteiger partial charge in [-0.1, -0.05) is 74.2 Å². The predicted molar refractivity (Wildman–Crippen MR) is 124 cm³/mol. The topological polar surface area (TPSA) is 93.6 Å². The summed E-state index contributed by atoms with van der Waals surface area (Å²) in [5.41, 5.74) is 0.692. The molecule has 1 aromatic carbocycles. The first kappa shape index (κ1) is 22.2. The number of aromatic nitrogens is 4. The number of nitrogens with zero attached hydrogens (tertiary/aromatic N) is 5. The van der Waals surface area contributed by atoms with E-state index in [4.69, 9.17) is 4.42 Å². The molecule has 0 spiro atoms. The Morgan fingerprint density at radius 2 is 1.91 bits per heavy atom. The zero-order valence-corrected chi connectivity index (χ0v) is 19.7. The van der Waals surface area contributed by atoms with Crippen LogP contribution in [-0.4, -0.2) is 36.4 Å². The minimum atomic E-state index is -0.429. The fourth-order valence-corrected chi connectivity index (χ4v) is 4.84. The van der Waals surface area contributed by atoms with E-state index in [1.165, 1.54) is 27.6 Å². The van der Waals surface area contributed by atoms with Crippen LogP contribution in [0.15, 0.2) is 62.3 Å². The summed E-state index contributed by atoms with van der Waals surface area (Å²) < 4.78 is 7.31. The normalized spacial score (nSPS) is 11.7. The quantitative estimate of drug-likeness (QED) is 0.381. The summed E-state index contributed by atoms with van der Waals surface area (Å²) in [6, 6.07) is 13.5. The van der Waals surface area contributed by atoms with Gasteiger partial charge < -0.3 is 9.32 Å². The second-order valence-electron chi connectivity index (χ2n) is 8.27. The second kappa shape index (κ2) is 9.25. The standard InChI is InChI=1S/C22H23N5O3S2/c1-22(2,3)18-19(29)27-20(24-23-18)32-21(25-27)31-14-17(28)26(13-16-10-7-11-30-16)12-15-8-5-4-6-9-15/h4-11H,12-14H2,1-3H3. The Labute approximate surface area is 193 Å². The third kappa shape index (κ3) is 5.08.